The second-order valence-corrected chi connectivity index (χ2v) is 2.93. The monoisotopic (exact) mass is 212 g/mol. The van der Waals surface area contributed by atoms with E-state index in [-0.39, 0.29) is 12.0 Å². The lowest BCUT2D eigenvalue weighted by atomic mass is 10.2. The highest BCUT2D eigenvalue weighted by Crippen LogP contribution is 2.03. The summed E-state index contributed by atoms with van der Waals surface area (Å²) < 4.78 is 9.30. The van der Waals surface area contributed by atoms with Gasteiger partial charge in [0.15, 0.2) is 0 Å². The van der Waals surface area contributed by atoms with Gasteiger partial charge in [0.25, 0.3) is 0 Å². The SMILES string of the molecule is C=COC(=O)CC(=C)C(=O)OCCCC. The zero-order valence-electron chi connectivity index (χ0n) is 8.95. The zero-order chi connectivity index (χ0) is 11.7. The minimum atomic E-state index is -0.567. The van der Waals surface area contributed by atoms with Gasteiger partial charge in [0.05, 0.1) is 19.3 Å². The van der Waals surface area contributed by atoms with E-state index in [1.165, 1.54) is 0 Å². The number of unbranched alkanes of at least 4 members (excludes halogenated alkanes) is 1. The summed E-state index contributed by atoms with van der Waals surface area (Å²) in [5.41, 5.74) is 0.0953. The van der Waals surface area contributed by atoms with Crippen LogP contribution in [0.2, 0.25) is 0 Å². The Morgan fingerprint density at radius 3 is 2.60 bits per heavy atom. The summed E-state index contributed by atoms with van der Waals surface area (Å²) in [5.74, 6) is -1.12. The van der Waals surface area contributed by atoms with Gasteiger partial charge in [-0.1, -0.05) is 26.5 Å². The van der Waals surface area contributed by atoms with Crippen LogP contribution in [0.1, 0.15) is 26.2 Å². The van der Waals surface area contributed by atoms with Crippen molar-refractivity contribution in [3.8, 4) is 0 Å². The van der Waals surface area contributed by atoms with Gasteiger partial charge in [-0.3, -0.25) is 4.79 Å². The molecule has 15 heavy (non-hydrogen) atoms. The van der Waals surface area contributed by atoms with Crippen molar-refractivity contribution < 1.29 is 19.1 Å². The van der Waals surface area contributed by atoms with Crippen LogP contribution in [0.3, 0.4) is 0 Å². The lowest BCUT2D eigenvalue weighted by molar-refractivity contribution is -0.143. The molecule has 0 aliphatic heterocycles. The van der Waals surface area contributed by atoms with Gasteiger partial charge in [-0.25, -0.2) is 4.79 Å². The molecule has 84 valence electrons. The summed E-state index contributed by atoms with van der Waals surface area (Å²) in [6, 6.07) is 0. The predicted octanol–water partition coefficient (Wildman–Crippen LogP) is 1.96. The van der Waals surface area contributed by atoms with Gasteiger partial charge in [-0.2, -0.15) is 0 Å². The highest BCUT2D eigenvalue weighted by molar-refractivity contribution is 5.93. The molecule has 0 aromatic heterocycles. The van der Waals surface area contributed by atoms with Crippen LogP contribution in [0.4, 0.5) is 0 Å². The number of hydrogen-bond donors (Lipinski definition) is 0. The van der Waals surface area contributed by atoms with Gasteiger partial charge in [0.1, 0.15) is 0 Å². The quantitative estimate of drug-likeness (QED) is 0.280. The number of carbonyl (C=O) groups is 2. The molecule has 0 radical (unpaired) electrons. The molecule has 0 aromatic rings. The molecule has 0 fully saturated rings. The van der Waals surface area contributed by atoms with Crippen molar-refractivity contribution >= 4 is 11.9 Å². The molecule has 0 aliphatic rings. The van der Waals surface area contributed by atoms with Crippen molar-refractivity contribution in [2.45, 2.75) is 26.2 Å². The Morgan fingerprint density at radius 2 is 2.07 bits per heavy atom. The Morgan fingerprint density at radius 1 is 1.40 bits per heavy atom. The Bertz CT molecular complexity index is 255. The van der Waals surface area contributed by atoms with Crippen LogP contribution in [-0.2, 0) is 19.1 Å². The third-order valence-corrected chi connectivity index (χ3v) is 1.59. The normalized spacial score (nSPS) is 9.13. The summed E-state index contributed by atoms with van der Waals surface area (Å²) in [6.45, 7) is 9.01. The van der Waals surface area contributed by atoms with Crippen molar-refractivity contribution in [3.05, 3.63) is 25.0 Å². The summed E-state index contributed by atoms with van der Waals surface area (Å²) in [7, 11) is 0. The predicted molar refractivity (Wildman–Crippen MR) is 55.9 cm³/mol. The largest absolute Gasteiger partial charge is 0.462 e. The number of ether oxygens (including phenoxy) is 2. The van der Waals surface area contributed by atoms with Crippen LogP contribution in [0, 0.1) is 0 Å². The number of hydrogen-bond acceptors (Lipinski definition) is 4. The van der Waals surface area contributed by atoms with Crippen LogP contribution in [-0.4, -0.2) is 18.5 Å². The van der Waals surface area contributed by atoms with E-state index in [1.807, 2.05) is 6.92 Å². The van der Waals surface area contributed by atoms with E-state index in [0.29, 0.717) is 6.61 Å². The second kappa shape index (κ2) is 7.79. The van der Waals surface area contributed by atoms with Crippen LogP contribution in [0.15, 0.2) is 25.0 Å². The molecule has 4 nitrogen and oxygen atoms in total. The van der Waals surface area contributed by atoms with Gasteiger partial charge >= 0.3 is 11.9 Å². The van der Waals surface area contributed by atoms with E-state index < -0.39 is 11.9 Å². The van der Waals surface area contributed by atoms with E-state index in [9.17, 15) is 9.59 Å². The molecule has 0 aliphatic carbocycles. The third kappa shape index (κ3) is 6.49. The van der Waals surface area contributed by atoms with Crippen molar-refractivity contribution in [2.24, 2.45) is 0 Å². The maximum absolute atomic E-state index is 11.2. The fraction of sp³-hybridized carbons (Fsp3) is 0.455. The van der Waals surface area contributed by atoms with Crippen molar-refractivity contribution in [2.75, 3.05) is 6.61 Å². The molecule has 0 heterocycles. The second-order valence-electron chi connectivity index (χ2n) is 2.93. The molecule has 0 N–H and O–H groups in total. The maximum Gasteiger partial charge on any atom is 0.333 e. The molecule has 0 saturated carbocycles. The molecule has 0 bridgehead atoms. The average molecular weight is 212 g/mol. The van der Waals surface area contributed by atoms with Gasteiger partial charge in [-0.05, 0) is 6.42 Å². The number of rotatable bonds is 7. The topological polar surface area (TPSA) is 52.6 Å². The third-order valence-electron chi connectivity index (χ3n) is 1.59. The minimum Gasteiger partial charge on any atom is -0.462 e. The molecule has 4 heteroatoms. The molecule has 0 atom stereocenters. The summed E-state index contributed by atoms with van der Waals surface area (Å²) >= 11 is 0. The molecule has 0 aromatic carbocycles. The highest BCUT2D eigenvalue weighted by Gasteiger charge is 2.13. The first-order chi connectivity index (χ1) is 7.11. The zero-order valence-corrected chi connectivity index (χ0v) is 8.95. The van der Waals surface area contributed by atoms with E-state index in [2.05, 4.69) is 17.9 Å². The standard InChI is InChI=1S/C11H16O4/c1-4-6-7-15-11(13)9(3)8-10(12)14-5-2/h5H,2-4,6-8H2,1H3. The molecule has 0 unspecified atom stereocenters. The first-order valence-electron chi connectivity index (χ1n) is 4.77. The highest BCUT2D eigenvalue weighted by atomic mass is 16.5. The molecular weight excluding hydrogens is 196 g/mol. The molecule has 0 spiro atoms. The number of carbonyl (C=O) groups excluding carboxylic acids is 2. The van der Waals surface area contributed by atoms with Gasteiger partial charge in [0, 0.05) is 5.57 Å². The van der Waals surface area contributed by atoms with E-state index in [0.717, 1.165) is 19.1 Å². The molecule has 0 rings (SSSR count). The first kappa shape index (κ1) is 13.4. The lowest BCUT2D eigenvalue weighted by Gasteiger charge is -2.05. The van der Waals surface area contributed by atoms with E-state index in [1.54, 1.807) is 0 Å². The summed E-state index contributed by atoms with van der Waals surface area (Å²) in [4.78, 5) is 22.1. The van der Waals surface area contributed by atoms with Crippen molar-refractivity contribution in [1.82, 2.24) is 0 Å². The van der Waals surface area contributed by atoms with Crippen molar-refractivity contribution in [3.63, 3.8) is 0 Å². The minimum absolute atomic E-state index is 0.0953. The lowest BCUT2D eigenvalue weighted by Crippen LogP contribution is -2.12. The van der Waals surface area contributed by atoms with Gasteiger partial charge < -0.3 is 9.47 Å². The van der Waals surface area contributed by atoms with Crippen LogP contribution >= 0.6 is 0 Å². The average Bonchev–Trinajstić information content (AvgIpc) is 2.18. The number of esters is 2. The van der Waals surface area contributed by atoms with Crippen molar-refractivity contribution in [1.29, 1.82) is 0 Å². The first-order valence-corrected chi connectivity index (χ1v) is 4.77. The summed E-state index contributed by atoms with van der Waals surface area (Å²) in [6.07, 6.45) is 2.59. The Hall–Kier alpha value is -1.58. The molecular formula is C11H16O4. The smallest absolute Gasteiger partial charge is 0.333 e. The fourth-order valence-corrected chi connectivity index (χ4v) is 0.792. The molecule has 0 amide bonds. The van der Waals surface area contributed by atoms with Gasteiger partial charge in [-0.15, -0.1) is 0 Å². The Labute approximate surface area is 89.6 Å². The Balaban J connectivity index is 3.83. The van der Waals surface area contributed by atoms with Crippen LogP contribution in [0.5, 0.6) is 0 Å². The summed E-state index contributed by atoms with van der Waals surface area (Å²) in [5, 5.41) is 0. The Kier molecular flexibility index (Phi) is 6.97. The maximum atomic E-state index is 11.2. The van der Waals surface area contributed by atoms with E-state index >= 15 is 0 Å². The van der Waals surface area contributed by atoms with E-state index in [4.69, 9.17) is 4.74 Å². The van der Waals surface area contributed by atoms with Crippen LogP contribution in [0.25, 0.3) is 0 Å². The van der Waals surface area contributed by atoms with Gasteiger partial charge in [0.2, 0.25) is 0 Å². The fourth-order valence-electron chi connectivity index (χ4n) is 0.792. The van der Waals surface area contributed by atoms with Crippen LogP contribution < -0.4 is 0 Å². The molecule has 0 saturated heterocycles.